The van der Waals surface area contributed by atoms with Gasteiger partial charge in [0.2, 0.25) is 0 Å². The molecule has 1 saturated carbocycles. The Hall–Kier alpha value is -0.150. The predicted molar refractivity (Wildman–Crippen MR) is 63.0 cm³/mol. The van der Waals surface area contributed by atoms with E-state index in [1.54, 1.807) is 11.3 Å². The zero-order valence-corrected chi connectivity index (χ0v) is 10.6. The summed E-state index contributed by atoms with van der Waals surface area (Å²) in [6.07, 6.45) is 4.56. The van der Waals surface area contributed by atoms with E-state index in [-0.39, 0.29) is 0 Å². The van der Waals surface area contributed by atoms with Gasteiger partial charge in [0, 0.05) is 6.42 Å². The van der Waals surface area contributed by atoms with Crippen molar-refractivity contribution in [1.29, 1.82) is 0 Å². The average molecular weight is 273 g/mol. The molecule has 1 nitrogen and oxygen atoms in total. The number of carbonyl (C=O) groups is 1. The summed E-state index contributed by atoms with van der Waals surface area (Å²) in [6.45, 7) is 2.03. The Labute approximate surface area is 96.6 Å². The van der Waals surface area contributed by atoms with E-state index in [0.717, 1.165) is 15.1 Å². The Kier molecular flexibility index (Phi) is 3.07. The van der Waals surface area contributed by atoms with E-state index >= 15 is 0 Å². The van der Waals surface area contributed by atoms with E-state index in [0.29, 0.717) is 11.7 Å². The van der Waals surface area contributed by atoms with Crippen molar-refractivity contribution >= 4 is 33.0 Å². The maximum absolute atomic E-state index is 11.8. The van der Waals surface area contributed by atoms with Gasteiger partial charge in [-0.3, -0.25) is 4.79 Å². The first-order valence-corrected chi connectivity index (χ1v) is 6.57. The van der Waals surface area contributed by atoms with Crippen molar-refractivity contribution in [2.75, 3.05) is 0 Å². The first kappa shape index (κ1) is 10.4. The van der Waals surface area contributed by atoms with Crippen LogP contribution in [0, 0.1) is 12.8 Å². The van der Waals surface area contributed by atoms with E-state index in [2.05, 4.69) is 15.9 Å². The lowest BCUT2D eigenvalue weighted by molar-refractivity contribution is 0.0940. The van der Waals surface area contributed by atoms with Crippen molar-refractivity contribution < 1.29 is 4.79 Å². The Bertz CT molecular complexity index is 333. The molecule has 0 aliphatic heterocycles. The summed E-state index contributed by atoms with van der Waals surface area (Å²) >= 11 is 5.01. The van der Waals surface area contributed by atoms with Gasteiger partial charge in [0.25, 0.3) is 0 Å². The van der Waals surface area contributed by atoms with Gasteiger partial charge >= 0.3 is 0 Å². The zero-order chi connectivity index (χ0) is 10.1. The molecule has 3 heteroatoms. The average Bonchev–Trinajstić information content (AvgIpc) is 2.40. The molecule has 1 aliphatic carbocycles. The molecule has 0 amide bonds. The highest BCUT2D eigenvalue weighted by Gasteiger charge is 2.22. The Morgan fingerprint density at radius 1 is 1.64 bits per heavy atom. The lowest BCUT2D eigenvalue weighted by Crippen LogP contribution is -2.15. The van der Waals surface area contributed by atoms with Gasteiger partial charge in [-0.05, 0) is 40.4 Å². The number of rotatable bonds is 3. The third kappa shape index (κ3) is 2.09. The maximum Gasteiger partial charge on any atom is 0.173 e. The SMILES string of the molecule is Cc1cc(C(=O)CC2CCC2)sc1Br. The molecule has 1 aromatic rings. The van der Waals surface area contributed by atoms with Crippen molar-refractivity contribution in [1.82, 2.24) is 0 Å². The molecule has 0 radical (unpaired) electrons. The van der Waals surface area contributed by atoms with Gasteiger partial charge in [-0.15, -0.1) is 11.3 Å². The molecule has 0 aromatic carbocycles. The van der Waals surface area contributed by atoms with Crippen LogP contribution in [0.1, 0.15) is 40.9 Å². The molecular weight excluding hydrogens is 260 g/mol. The fourth-order valence-corrected chi connectivity index (χ4v) is 3.14. The van der Waals surface area contributed by atoms with Gasteiger partial charge in [0.15, 0.2) is 5.78 Å². The van der Waals surface area contributed by atoms with E-state index in [1.807, 2.05) is 13.0 Å². The second kappa shape index (κ2) is 4.15. The fourth-order valence-electron chi connectivity index (χ4n) is 1.66. The molecule has 0 spiro atoms. The van der Waals surface area contributed by atoms with E-state index in [9.17, 15) is 4.79 Å². The third-order valence-electron chi connectivity index (χ3n) is 2.83. The lowest BCUT2D eigenvalue weighted by atomic mass is 9.82. The standard InChI is InChI=1S/C11H13BrOS/c1-7-5-10(14-11(7)12)9(13)6-8-3-2-4-8/h5,8H,2-4,6H2,1H3. The molecule has 0 N–H and O–H groups in total. The molecule has 1 aromatic heterocycles. The second-order valence-electron chi connectivity index (χ2n) is 3.99. The lowest BCUT2D eigenvalue weighted by Gasteiger charge is -2.23. The van der Waals surface area contributed by atoms with Gasteiger partial charge in [-0.1, -0.05) is 19.3 Å². The smallest absolute Gasteiger partial charge is 0.173 e. The van der Waals surface area contributed by atoms with Crippen LogP contribution in [0.5, 0.6) is 0 Å². The molecule has 0 saturated heterocycles. The van der Waals surface area contributed by atoms with Gasteiger partial charge in [0.05, 0.1) is 8.66 Å². The Balaban J connectivity index is 2.02. The summed E-state index contributed by atoms with van der Waals surface area (Å²) in [6, 6.07) is 2.00. The predicted octanol–water partition coefficient (Wildman–Crippen LogP) is 4.19. The number of Topliss-reactive ketones (excluding diaryl/α,β-unsaturated/α-hetero) is 1. The number of ketones is 1. The number of halogens is 1. The fraction of sp³-hybridized carbons (Fsp3) is 0.545. The molecule has 76 valence electrons. The summed E-state index contributed by atoms with van der Waals surface area (Å²) in [5, 5.41) is 0. The zero-order valence-electron chi connectivity index (χ0n) is 8.18. The number of hydrogen-bond acceptors (Lipinski definition) is 2. The van der Waals surface area contributed by atoms with Crippen molar-refractivity contribution in [3.05, 3.63) is 20.3 Å². The molecule has 1 aliphatic rings. The van der Waals surface area contributed by atoms with Crippen LogP contribution >= 0.6 is 27.3 Å². The van der Waals surface area contributed by atoms with Crippen LogP contribution in [-0.4, -0.2) is 5.78 Å². The number of hydrogen-bond donors (Lipinski definition) is 0. The second-order valence-corrected chi connectivity index (χ2v) is 6.36. The van der Waals surface area contributed by atoms with Crippen molar-refractivity contribution in [2.24, 2.45) is 5.92 Å². The van der Waals surface area contributed by atoms with Crippen molar-refractivity contribution in [2.45, 2.75) is 32.6 Å². The Morgan fingerprint density at radius 3 is 2.79 bits per heavy atom. The van der Waals surface area contributed by atoms with Crippen LogP contribution in [0.3, 0.4) is 0 Å². The molecular formula is C11H13BrOS. The monoisotopic (exact) mass is 272 g/mol. The van der Waals surface area contributed by atoms with Crippen LogP contribution in [0.2, 0.25) is 0 Å². The summed E-state index contributed by atoms with van der Waals surface area (Å²) in [5.74, 6) is 0.997. The summed E-state index contributed by atoms with van der Waals surface area (Å²) in [4.78, 5) is 12.7. The summed E-state index contributed by atoms with van der Waals surface area (Å²) in [5.41, 5.74) is 1.17. The minimum Gasteiger partial charge on any atom is -0.293 e. The van der Waals surface area contributed by atoms with Crippen LogP contribution in [0.15, 0.2) is 9.85 Å². The Morgan fingerprint density at radius 2 is 2.36 bits per heavy atom. The van der Waals surface area contributed by atoms with E-state index < -0.39 is 0 Å². The minimum absolute atomic E-state index is 0.327. The number of aryl methyl sites for hydroxylation is 1. The van der Waals surface area contributed by atoms with Crippen molar-refractivity contribution in [3.63, 3.8) is 0 Å². The number of thiophene rings is 1. The summed E-state index contributed by atoms with van der Waals surface area (Å²) < 4.78 is 1.09. The van der Waals surface area contributed by atoms with Gasteiger partial charge in [-0.25, -0.2) is 0 Å². The van der Waals surface area contributed by atoms with Gasteiger partial charge < -0.3 is 0 Å². The molecule has 2 rings (SSSR count). The first-order chi connectivity index (χ1) is 6.66. The number of carbonyl (C=O) groups excluding carboxylic acids is 1. The van der Waals surface area contributed by atoms with Crippen molar-refractivity contribution in [3.8, 4) is 0 Å². The third-order valence-corrected chi connectivity index (χ3v) is 5.01. The van der Waals surface area contributed by atoms with Gasteiger partial charge in [-0.2, -0.15) is 0 Å². The van der Waals surface area contributed by atoms with Crippen LogP contribution in [-0.2, 0) is 0 Å². The summed E-state index contributed by atoms with van der Waals surface area (Å²) in [7, 11) is 0. The molecule has 14 heavy (non-hydrogen) atoms. The molecule has 1 fully saturated rings. The quantitative estimate of drug-likeness (QED) is 0.754. The van der Waals surface area contributed by atoms with E-state index in [1.165, 1.54) is 24.8 Å². The van der Waals surface area contributed by atoms with Gasteiger partial charge in [0.1, 0.15) is 0 Å². The molecule has 1 heterocycles. The van der Waals surface area contributed by atoms with Crippen LogP contribution in [0.25, 0.3) is 0 Å². The molecule has 0 unspecified atom stereocenters. The molecule has 0 atom stereocenters. The van der Waals surface area contributed by atoms with E-state index in [4.69, 9.17) is 0 Å². The maximum atomic E-state index is 11.8. The van der Waals surface area contributed by atoms with Crippen LogP contribution in [0.4, 0.5) is 0 Å². The first-order valence-electron chi connectivity index (χ1n) is 4.96. The largest absolute Gasteiger partial charge is 0.293 e. The highest BCUT2D eigenvalue weighted by molar-refractivity contribution is 9.11. The van der Waals surface area contributed by atoms with Crippen LogP contribution < -0.4 is 0 Å². The molecule has 0 bridgehead atoms. The normalized spacial score (nSPS) is 16.7. The topological polar surface area (TPSA) is 17.1 Å². The highest BCUT2D eigenvalue weighted by Crippen LogP contribution is 2.33. The minimum atomic E-state index is 0.327. The highest BCUT2D eigenvalue weighted by atomic mass is 79.9.